The van der Waals surface area contributed by atoms with E-state index < -0.39 is 0 Å². The molecule has 2 nitrogen and oxygen atoms in total. The lowest BCUT2D eigenvalue weighted by Gasteiger charge is -2.44. The summed E-state index contributed by atoms with van der Waals surface area (Å²) in [5, 5.41) is 1.79. The summed E-state index contributed by atoms with van der Waals surface area (Å²) in [5.74, 6) is 0. The van der Waals surface area contributed by atoms with Crippen molar-refractivity contribution in [2.75, 3.05) is 6.54 Å². The summed E-state index contributed by atoms with van der Waals surface area (Å²) in [4.78, 5) is 2.47. The Balaban J connectivity index is 2.01. The quantitative estimate of drug-likeness (QED) is 0.582. The minimum Gasteiger partial charge on any atom is -0.374 e. The van der Waals surface area contributed by atoms with E-state index >= 15 is 0 Å². The molecule has 1 fully saturated rings. The average Bonchev–Trinajstić information content (AvgIpc) is 2.30. The smallest absolute Gasteiger partial charge is 0.223 e. The van der Waals surface area contributed by atoms with Crippen LogP contribution in [0.5, 0.6) is 0 Å². The third-order valence-corrected chi connectivity index (χ3v) is 4.17. The van der Waals surface area contributed by atoms with Gasteiger partial charge in [-0.3, -0.25) is 0 Å². The molecule has 2 aliphatic heterocycles. The van der Waals surface area contributed by atoms with E-state index in [4.69, 9.17) is 12.2 Å². The second-order valence-electron chi connectivity index (χ2n) is 4.91. The Morgan fingerprint density at radius 3 is 3.00 bits per heavy atom. The van der Waals surface area contributed by atoms with Gasteiger partial charge in [0.2, 0.25) is 5.69 Å². The highest BCUT2D eigenvalue weighted by atomic mass is 32.1. The van der Waals surface area contributed by atoms with Crippen molar-refractivity contribution < 1.29 is 4.57 Å². The van der Waals surface area contributed by atoms with Gasteiger partial charge in [-0.15, -0.1) is 0 Å². The summed E-state index contributed by atoms with van der Waals surface area (Å²) in [7, 11) is 2.05. The molecule has 0 spiro atoms. The van der Waals surface area contributed by atoms with E-state index in [9.17, 15) is 0 Å². The topological polar surface area (TPSA) is 7.12 Å². The van der Waals surface area contributed by atoms with Crippen LogP contribution in [0.2, 0.25) is 0 Å². The third-order valence-electron chi connectivity index (χ3n) is 3.94. The number of pyridine rings is 1. The number of aryl methyl sites for hydroxylation is 1. The monoisotopic (exact) mass is 245 g/mol. The molecule has 1 aromatic rings. The maximum atomic E-state index is 5.14. The largest absolute Gasteiger partial charge is 0.374 e. The molecule has 0 radical (unpaired) electrons. The molecule has 1 unspecified atom stereocenters. The van der Waals surface area contributed by atoms with Crippen molar-refractivity contribution in [1.29, 1.82) is 0 Å². The zero-order valence-corrected chi connectivity index (χ0v) is 10.9. The fraction of sp³-hybridized carbons (Fsp3) is 0.429. The number of fused-ring (bicyclic) bond motifs is 1. The summed E-state index contributed by atoms with van der Waals surface area (Å²) in [6.07, 6.45) is 8.24. The Labute approximate surface area is 108 Å². The molecule has 2 aliphatic rings. The molecule has 0 aliphatic carbocycles. The minimum absolute atomic E-state index is 0.812. The van der Waals surface area contributed by atoms with E-state index in [-0.39, 0.29) is 0 Å². The van der Waals surface area contributed by atoms with Crippen molar-refractivity contribution in [2.24, 2.45) is 7.05 Å². The van der Waals surface area contributed by atoms with Gasteiger partial charge in [-0.1, -0.05) is 12.2 Å². The van der Waals surface area contributed by atoms with E-state index in [0.717, 1.165) is 11.7 Å². The summed E-state index contributed by atoms with van der Waals surface area (Å²) < 4.78 is 2.10. The molecule has 0 amide bonds. The number of hydrogen-bond acceptors (Lipinski definition) is 2. The van der Waals surface area contributed by atoms with Gasteiger partial charge in [0, 0.05) is 24.9 Å². The molecule has 1 aromatic heterocycles. The molecule has 3 rings (SSSR count). The zero-order valence-electron chi connectivity index (χ0n) is 10.1. The Morgan fingerprint density at radius 1 is 1.47 bits per heavy atom. The van der Waals surface area contributed by atoms with Crippen LogP contribution in [0.1, 0.15) is 30.5 Å². The van der Waals surface area contributed by atoms with Gasteiger partial charge >= 0.3 is 0 Å². The summed E-state index contributed by atoms with van der Waals surface area (Å²) in [6.45, 7) is 1.22. The molecule has 17 heavy (non-hydrogen) atoms. The molecule has 0 bridgehead atoms. The number of aromatic nitrogens is 1. The maximum Gasteiger partial charge on any atom is 0.223 e. The number of hydrogen-bond donors (Lipinski definition) is 0. The minimum atomic E-state index is 0.812. The van der Waals surface area contributed by atoms with Gasteiger partial charge in [0.1, 0.15) is 7.05 Å². The first-order valence-corrected chi connectivity index (χ1v) is 6.67. The number of thiocarbonyl (C=S) groups is 1. The van der Waals surface area contributed by atoms with Gasteiger partial charge in [-0.05, 0) is 30.9 Å². The van der Waals surface area contributed by atoms with E-state index in [1.165, 1.54) is 36.9 Å². The molecule has 0 N–H and O–H groups in total. The maximum absolute atomic E-state index is 5.14. The van der Waals surface area contributed by atoms with Crippen LogP contribution in [0, 0.1) is 0 Å². The zero-order chi connectivity index (χ0) is 11.8. The lowest BCUT2D eigenvalue weighted by Crippen LogP contribution is -2.45. The van der Waals surface area contributed by atoms with Crippen LogP contribution in [-0.2, 0) is 7.05 Å². The van der Waals surface area contributed by atoms with Crippen molar-refractivity contribution in [3.8, 4) is 0 Å². The van der Waals surface area contributed by atoms with Gasteiger partial charge in [0.15, 0.2) is 6.20 Å². The van der Waals surface area contributed by atoms with Crippen molar-refractivity contribution in [3.63, 3.8) is 0 Å². The third kappa shape index (κ3) is 1.78. The highest BCUT2D eigenvalue weighted by molar-refractivity contribution is 7.79. The predicted molar refractivity (Wildman–Crippen MR) is 72.7 cm³/mol. The normalized spacial score (nSPS) is 22.5. The number of allylic oxidation sites excluding steroid dienone is 1. The predicted octanol–water partition coefficient (Wildman–Crippen LogP) is 2.07. The first kappa shape index (κ1) is 10.9. The highest BCUT2D eigenvalue weighted by Gasteiger charge is 2.30. The first-order valence-electron chi connectivity index (χ1n) is 6.20. The molecule has 3 heteroatoms. The fourth-order valence-corrected chi connectivity index (χ4v) is 3.07. The SMILES string of the molecule is C[n+]1cccc(C2=CN3CCC3CC2)c1C=S. The second kappa shape index (κ2) is 4.22. The molecule has 3 heterocycles. The molecule has 1 saturated heterocycles. The van der Waals surface area contributed by atoms with Gasteiger partial charge < -0.3 is 4.90 Å². The van der Waals surface area contributed by atoms with E-state index in [1.54, 1.807) is 5.37 Å². The molecule has 1 atom stereocenters. The molecule has 0 aromatic carbocycles. The number of rotatable bonds is 2. The summed E-state index contributed by atoms with van der Waals surface area (Å²) in [5.41, 5.74) is 3.89. The standard InChI is InChI=1S/C14H17N2S/c1-15-7-2-3-13(14(15)10-17)11-4-5-12-6-8-16(12)9-11/h2-3,7,9-10,12H,4-6,8H2,1H3/q+1. The van der Waals surface area contributed by atoms with Crippen LogP contribution in [0.4, 0.5) is 0 Å². The molecular formula is C14H17N2S+. The van der Waals surface area contributed by atoms with Crippen LogP contribution in [0.3, 0.4) is 0 Å². The molecule has 0 saturated carbocycles. The van der Waals surface area contributed by atoms with Crippen molar-refractivity contribution in [1.82, 2.24) is 4.90 Å². The van der Waals surface area contributed by atoms with Crippen molar-refractivity contribution >= 4 is 23.2 Å². The Morgan fingerprint density at radius 2 is 2.35 bits per heavy atom. The van der Waals surface area contributed by atoms with Gasteiger partial charge in [-0.2, -0.15) is 0 Å². The van der Waals surface area contributed by atoms with Crippen molar-refractivity contribution in [2.45, 2.75) is 25.3 Å². The Bertz CT molecular complexity index is 493. The van der Waals surface area contributed by atoms with E-state index in [0.29, 0.717) is 0 Å². The highest BCUT2D eigenvalue weighted by Crippen LogP contribution is 2.34. The van der Waals surface area contributed by atoms with Crippen LogP contribution < -0.4 is 4.57 Å². The van der Waals surface area contributed by atoms with Gasteiger partial charge in [-0.25, -0.2) is 4.57 Å². The lowest BCUT2D eigenvalue weighted by molar-refractivity contribution is -0.672. The van der Waals surface area contributed by atoms with Crippen LogP contribution in [-0.4, -0.2) is 22.9 Å². The van der Waals surface area contributed by atoms with Gasteiger partial charge in [0.05, 0.1) is 10.9 Å². The Kier molecular flexibility index (Phi) is 2.71. The first-order chi connectivity index (χ1) is 8.29. The van der Waals surface area contributed by atoms with Gasteiger partial charge in [0.25, 0.3) is 0 Å². The van der Waals surface area contributed by atoms with Crippen LogP contribution in [0.15, 0.2) is 24.5 Å². The average molecular weight is 245 g/mol. The number of nitrogens with zero attached hydrogens (tertiary/aromatic N) is 2. The van der Waals surface area contributed by atoms with Crippen LogP contribution in [0.25, 0.3) is 5.57 Å². The lowest BCUT2D eigenvalue weighted by atomic mass is 9.88. The van der Waals surface area contributed by atoms with Crippen molar-refractivity contribution in [3.05, 3.63) is 35.8 Å². The van der Waals surface area contributed by atoms with E-state index in [2.05, 4.69) is 41.0 Å². The van der Waals surface area contributed by atoms with Crippen LogP contribution >= 0.6 is 12.2 Å². The Hall–Kier alpha value is -1.22. The second-order valence-corrected chi connectivity index (χ2v) is 5.14. The van der Waals surface area contributed by atoms with E-state index in [1.807, 2.05) is 0 Å². The molecule has 88 valence electrons. The summed E-state index contributed by atoms with van der Waals surface area (Å²) >= 11 is 5.14. The fourth-order valence-electron chi connectivity index (χ4n) is 2.77. The molecular weight excluding hydrogens is 228 g/mol. The summed E-state index contributed by atoms with van der Waals surface area (Å²) in [6, 6.07) is 5.09.